The minimum Gasteiger partial charge on any atom is -1.00 e. The Balaban J connectivity index is 0. The normalized spacial score (nSPS) is 0. The van der Waals surface area contributed by atoms with Crippen LogP contribution in [-0.2, 0) is 32.7 Å². The summed E-state index contributed by atoms with van der Waals surface area (Å²) in [4.78, 5) is 0. The Morgan fingerprint density at radius 3 is 0.500 bits per heavy atom. The molecule has 0 aromatic carbocycles. The zero-order chi connectivity index (χ0) is 0. The van der Waals surface area contributed by atoms with Gasteiger partial charge in [-0.05, 0) is 0 Å². The standard InChI is InChI=1S/4FH.Li.Y/h4*1H;;/q;;;;+1;+3/p-4. The summed E-state index contributed by atoms with van der Waals surface area (Å²) in [6, 6.07) is 0. The van der Waals surface area contributed by atoms with E-state index in [9.17, 15) is 0 Å². The van der Waals surface area contributed by atoms with Crippen molar-refractivity contribution < 1.29 is 70.4 Å². The second-order valence-electron chi connectivity index (χ2n) is 0. The molecule has 0 saturated heterocycles. The van der Waals surface area contributed by atoms with Crippen molar-refractivity contribution >= 4 is 0 Å². The van der Waals surface area contributed by atoms with E-state index >= 15 is 0 Å². The van der Waals surface area contributed by atoms with Gasteiger partial charge in [0.25, 0.3) is 0 Å². The first-order valence-electron chi connectivity index (χ1n) is 0. The average molecular weight is 172 g/mol. The van der Waals surface area contributed by atoms with Gasteiger partial charge >= 0.3 is 51.6 Å². The fourth-order valence-electron chi connectivity index (χ4n) is 0. The molecule has 0 heterocycles. The Morgan fingerprint density at radius 1 is 0.500 bits per heavy atom. The van der Waals surface area contributed by atoms with E-state index in [1.165, 1.54) is 0 Å². The van der Waals surface area contributed by atoms with Gasteiger partial charge < -0.3 is 18.8 Å². The van der Waals surface area contributed by atoms with Crippen LogP contribution in [0.25, 0.3) is 0 Å². The molecule has 6 heavy (non-hydrogen) atoms. The van der Waals surface area contributed by atoms with Crippen molar-refractivity contribution in [3.8, 4) is 0 Å². The van der Waals surface area contributed by atoms with Crippen LogP contribution in [0.4, 0.5) is 0 Å². The van der Waals surface area contributed by atoms with Crippen LogP contribution < -0.4 is 37.7 Å². The van der Waals surface area contributed by atoms with E-state index in [2.05, 4.69) is 0 Å². The molecule has 32 valence electrons. The summed E-state index contributed by atoms with van der Waals surface area (Å²) in [6.45, 7) is 0. The van der Waals surface area contributed by atoms with Crippen LogP contribution in [0, 0.1) is 0 Å². The third kappa shape index (κ3) is 52.5. The van der Waals surface area contributed by atoms with Crippen LogP contribution in [-0.4, -0.2) is 0 Å². The van der Waals surface area contributed by atoms with Crippen molar-refractivity contribution in [2.75, 3.05) is 0 Å². The fourth-order valence-corrected chi connectivity index (χ4v) is 0. The van der Waals surface area contributed by atoms with E-state index in [0.29, 0.717) is 0 Å². The number of halogens is 4. The summed E-state index contributed by atoms with van der Waals surface area (Å²) in [5.41, 5.74) is 0. The summed E-state index contributed by atoms with van der Waals surface area (Å²) in [5, 5.41) is 0. The third-order valence-corrected chi connectivity index (χ3v) is 0. The van der Waals surface area contributed by atoms with Crippen LogP contribution in [0.1, 0.15) is 0 Å². The molecule has 0 aliphatic heterocycles. The van der Waals surface area contributed by atoms with Gasteiger partial charge in [-0.25, -0.2) is 0 Å². The summed E-state index contributed by atoms with van der Waals surface area (Å²) in [7, 11) is 0. The molecule has 0 N–H and O–H groups in total. The molecular formula is F4LiY. The second-order valence-corrected chi connectivity index (χ2v) is 0. The van der Waals surface area contributed by atoms with Crippen molar-refractivity contribution in [1.29, 1.82) is 0 Å². The van der Waals surface area contributed by atoms with Crippen LogP contribution >= 0.6 is 0 Å². The topological polar surface area (TPSA) is 0 Å². The van der Waals surface area contributed by atoms with Crippen LogP contribution in [0.3, 0.4) is 0 Å². The Hall–Kier alpha value is 1.42. The molecule has 0 aliphatic carbocycles. The number of rotatable bonds is 0. The van der Waals surface area contributed by atoms with Crippen molar-refractivity contribution in [3.63, 3.8) is 0 Å². The van der Waals surface area contributed by atoms with Gasteiger partial charge in [-0.15, -0.1) is 0 Å². The number of hydrogen-bond donors (Lipinski definition) is 0. The van der Waals surface area contributed by atoms with Gasteiger partial charge in [0.05, 0.1) is 0 Å². The maximum absolute atomic E-state index is 0. The minimum atomic E-state index is 0. The molecule has 0 radical (unpaired) electrons. The van der Waals surface area contributed by atoms with Crippen LogP contribution in [0.15, 0.2) is 0 Å². The van der Waals surface area contributed by atoms with Gasteiger partial charge in [-0.2, -0.15) is 0 Å². The maximum Gasteiger partial charge on any atom is 3.00 e. The largest absolute Gasteiger partial charge is 3.00 e. The van der Waals surface area contributed by atoms with E-state index in [1.807, 2.05) is 0 Å². The van der Waals surface area contributed by atoms with Gasteiger partial charge in [-0.1, -0.05) is 0 Å². The first kappa shape index (κ1) is 151. The molecule has 0 rings (SSSR count). The zero-order valence-corrected chi connectivity index (χ0v) is 5.93. The van der Waals surface area contributed by atoms with E-state index < -0.39 is 0 Å². The summed E-state index contributed by atoms with van der Waals surface area (Å²) in [5.74, 6) is 0. The monoisotopic (exact) mass is 172 g/mol. The zero-order valence-electron chi connectivity index (χ0n) is 3.09. The predicted octanol–water partition coefficient (Wildman–Crippen LogP) is -15.0. The molecule has 0 aliphatic rings. The predicted molar refractivity (Wildman–Crippen MR) is 0 cm³/mol. The molecule has 0 atom stereocenters. The molecule has 0 bridgehead atoms. The molecule has 0 amide bonds. The quantitative estimate of drug-likeness (QED) is 0.251. The van der Waals surface area contributed by atoms with Gasteiger partial charge in [0.15, 0.2) is 0 Å². The SMILES string of the molecule is [F-].[F-].[F-].[F-].[Li+].[Y+3]. The second kappa shape index (κ2) is 93.4. The van der Waals surface area contributed by atoms with Crippen LogP contribution in [0.2, 0.25) is 0 Å². The number of hydrogen-bond acceptors (Lipinski definition) is 0. The van der Waals surface area contributed by atoms with Crippen molar-refractivity contribution in [1.82, 2.24) is 0 Å². The van der Waals surface area contributed by atoms with E-state index in [0.717, 1.165) is 0 Å². The molecule has 0 saturated carbocycles. The molecule has 0 fully saturated rings. The van der Waals surface area contributed by atoms with Crippen molar-refractivity contribution in [2.45, 2.75) is 0 Å². The molecule has 0 nitrogen and oxygen atoms in total. The summed E-state index contributed by atoms with van der Waals surface area (Å²) >= 11 is 0. The maximum atomic E-state index is 0. The Bertz CT molecular complexity index is 7.51. The molecule has 6 heteroatoms. The van der Waals surface area contributed by atoms with Crippen molar-refractivity contribution in [2.24, 2.45) is 0 Å². The van der Waals surface area contributed by atoms with Gasteiger partial charge in [0.1, 0.15) is 0 Å². The van der Waals surface area contributed by atoms with Gasteiger partial charge in [0, 0.05) is 0 Å². The average Bonchev–Trinajstić information content (AvgIpc) is 0. The minimum absolute atomic E-state index is 0. The van der Waals surface area contributed by atoms with Crippen LogP contribution in [0.5, 0.6) is 0 Å². The van der Waals surface area contributed by atoms with Gasteiger partial charge in [-0.3, -0.25) is 0 Å². The molecule has 0 spiro atoms. The summed E-state index contributed by atoms with van der Waals surface area (Å²) in [6.07, 6.45) is 0. The molecule has 0 unspecified atom stereocenters. The summed E-state index contributed by atoms with van der Waals surface area (Å²) < 4.78 is 0. The molecular weight excluding hydrogens is 172 g/mol. The Labute approximate surface area is 70.0 Å². The van der Waals surface area contributed by atoms with E-state index in [1.54, 1.807) is 0 Å². The first-order valence-corrected chi connectivity index (χ1v) is 0. The Morgan fingerprint density at radius 2 is 0.500 bits per heavy atom. The molecule has 0 aromatic heterocycles. The first-order chi connectivity index (χ1) is 0. The third-order valence-electron chi connectivity index (χ3n) is 0. The fraction of sp³-hybridized carbons (Fsp3) is 0. The Kier molecular flexibility index (Phi) is 2360. The smallest absolute Gasteiger partial charge is 1.00 e. The van der Waals surface area contributed by atoms with E-state index in [4.69, 9.17) is 0 Å². The van der Waals surface area contributed by atoms with Crippen molar-refractivity contribution in [3.05, 3.63) is 0 Å². The van der Waals surface area contributed by atoms with E-state index in [-0.39, 0.29) is 70.4 Å². The molecule has 0 aromatic rings. The van der Waals surface area contributed by atoms with Gasteiger partial charge in [0.2, 0.25) is 0 Å².